The lowest BCUT2D eigenvalue weighted by Gasteiger charge is -2.38. The van der Waals surface area contributed by atoms with Crippen LogP contribution in [0.2, 0.25) is 0 Å². The molecule has 2 aliphatic heterocycles. The molecule has 0 atom stereocenters. The molecule has 92 valence electrons. The van der Waals surface area contributed by atoms with Gasteiger partial charge in [0, 0.05) is 36.6 Å². The number of nitrogens with zero attached hydrogens (tertiary/aromatic N) is 1. The number of halogens is 1. The summed E-state index contributed by atoms with van der Waals surface area (Å²) in [7, 11) is 3.90. The minimum Gasteiger partial charge on any atom is -0.496 e. The number of methoxy groups -OCH3 is 1. The van der Waals surface area contributed by atoms with Gasteiger partial charge in [-0.3, -0.25) is 0 Å². The summed E-state index contributed by atoms with van der Waals surface area (Å²) >= 11 is 3.56. The monoisotopic (exact) mass is 297 g/mol. The highest BCUT2D eigenvalue weighted by Gasteiger charge is 2.33. The first-order chi connectivity index (χ1) is 8.20. The summed E-state index contributed by atoms with van der Waals surface area (Å²) in [6.45, 7) is 3.02. The average Bonchev–Trinajstić information content (AvgIpc) is 2.74. The Morgan fingerprint density at radius 1 is 1.47 bits per heavy atom. The Morgan fingerprint density at radius 3 is 2.88 bits per heavy atom. The molecule has 1 saturated heterocycles. The van der Waals surface area contributed by atoms with Gasteiger partial charge in [-0.1, -0.05) is 0 Å². The second kappa shape index (κ2) is 4.18. The van der Waals surface area contributed by atoms with E-state index in [-0.39, 0.29) is 0 Å². The maximum absolute atomic E-state index is 5.70. The van der Waals surface area contributed by atoms with Crippen LogP contribution in [0.5, 0.6) is 11.5 Å². The second-order valence-electron chi connectivity index (χ2n) is 4.80. The van der Waals surface area contributed by atoms with E-state index in [1.807, 2.05) is 6.07 Å². The summed E-state index contributed by atoms with van der Waals surface area (Å²) in [6.07, 6.45) is 1.00. The van der Waals surface area contributed by atoms with Crippen LogP contribution in [-0.4, -0.2) is 38.8 Å². The van der Waals surface area contributed by atoms with Gasteiger partial charge in [-0.2, -0.15) is 0 Å². The molecule has 1 aromatic carbocycles. The number of fused-ring (bicyclic) bond motifs is 1. The number of benzene rings is 1. The van der Waals surface area contributed by atoms with E-state index in [0.717, 1.165) is 42.1 Å². The minimum atomic E-state index is 0.596. The molecule has 0 bridgehead atoms. The van der Waals surface area contributed by atoms with Crippen molar-refractivity contribution in [3.05, 3.63) is 21.7 Å². The molecular weight excluding hydrogens is 282 g/mol. The van der Waals surface area contributed by atoms with Crippen LogP contribution in [0, 0.1) is 0 Å². The molecule has 0 saturated carbocycles. The predicted molar refractivity (Wildman–Crippen MR) is 70.1 cm³/mol. The van der Waals surface area contributed by atoms with Crippen molar-refractivity contribution in [1.82, 2.24) is 4.90 Å². The maximum Gasteiger partial charge on any atom is 0.137 e. The van der Waals surface area contributed by atoms with Gasteiger partial charge in [-0.05, 0) is 29.0 Å². The van der Waals surface area contributed by atoms with Crippen LogP contribution in [0.25, 0.3) is 0 Å². The average molecular weight is 298 g/mol. The van der Waals surface area contributed by atoms with Gasteiger partial charge in [0.2, 0.25) is 0 Å². The van der Waals surface area contributed by atoms with Gasteiger partial charge in [0.25, 0.3) is 0 Å². The van der Waals surface area contributed by atoms with Gasteiger partial charge in [0.1, 0.15) is 11.5 Å². The van der Waals surface area contributed by atoms with Crippen molar-refractivity contribution in [3.8, 4) is 11.5 Å². The van der Waals surface area contributed by atoms with Crippen molar-refractivity contribution >= 4 is 15.9 Å². The fourth-order valence-corrected chi connectivity index (χ4v) is 3.39. The topological polar surface area (TPSA) is 21.7 Å². The van der Waals surface area contributed by atoms with Crippen molar-refractivity contribution in [3.63, 3.8) is 0 Å². The number of likely N-dealkylation sites (N-methyl/N-ethyl adjacent to an activating group) is 1. The molecule has 0 amide bonds. The zero-order valence-electron chi connectivity index (χ0n) is 10.1. The van der Waals surface area contributed by atoms with E-state index in [9.17, 15) is 0 Å². The van der Waals surface area contributed by atoms with Crippen molar-refractivity contribution in [1.29, 1.82) is 0 Å². The number of ether oxygens (including phenoxy) is 2. The molecule has 4 heteroatoms. The van der Waals surface area contributed by atoms with E-state index in [4.69, 9.17) is 9.47 Å². The Morgan fingerprint density at radius 2 is 2.24 bits per heavy atom. The normalized spacial score (nSPS) is 19.7. The fraction of sp³-hybridized carbons (Fsp3) is 0.538. The molecule has 3 nitrogen and oxygen atoms in total. The van der Waals surface area contributed by atoms with Gasteiger partial charge in [-0.25, -0.2) is 0 Å². The number of hydrogen-bond acceptors (Lipinski definition) is 3. The molecule has 0 aromatic heterocycles. The summed E-state index contributed by atoms with van der Waals surface area (Å²) in [5.41, 5.74) is 2.70. The Labute approximate surface area is 110 Å². The Balaban J connectivity index is 2.08. The predicted octanol–water partition coefficient (Wildman–Crippen LogP) is 2.42. The third kappa shape index (κ3) is 1.74. The van der Waals surface area contributed by atoms with Crippen LogP contribution < -0.4 is 9.47 Å². The van der Waals surface area contributed by atoms with Crippen molar-refractivity contribution in [2.45, 2.75) is 12.3 Å². The lowest BCUT2D eigenvalue weighted by Crippen LogP contribution is -2.42. The molecule has 0 radical (unpaired) electrons. The van der Waals surface area contributed by atoms with Gasteiger partial charge < -0.3 is 14.4 Å². The Bertz CT molecular complexity index is 455. The minimum absolute atomic E-state index is 0.596. The van der Waals surface area contributed by atoms with Gasteiger partial charge in [0.15, 0.2) is 0 Å². The lowest BCUT2D eigenvalue weighted by molar-refractivity contribution is 0.186. The van der Waals surface area contributed by atoms with Gasteiger partial charge in [0.05, 0.1) is 18.2 Å². The van der Waals surface area contributed by atoms with Gasteiger partial charge in [-0.15, -0.1) is 0 Å². The molecular formula is C13H16BrNO2. The standard InChI is InChI=1S/C13H16BrNO2/c1-15-6-8(7-15)12-9-3-4-17-13(9)10(14)5-11(12)16-2/h5,8H,3-4,6-7H2,1-2H3. The first-order valence-corrected chi connectivity index (χ1v) is 6.70. The Hall–Kier alpha value is -0.740. The highest BCUT2D eigenvalue weighted by atomic mass is 79.9. The third-order valence-electron chi connectivity index (χ3n) is 3.63. The molecule has 0 spiro atoms. The highest BCUT2D eigenvalue weighted by Crippen LogP contribution is 2.45. The molecule has 2 aliphatic rings. The van der Waals surface area contributed by atoms with Crippen LogP contribution in [0.4, 0.5) is 0 Å². The lowest BCUT2D eigenvalue weighted by atomic mass is 9.87. The van der Waals surface area contributed by atoms with Crippen LogP contribution in [0.15, 0.2) is 10.5 Å². The number of likely N-dealkylation sites (tertiary alicyclic amines) is 1. The zero-order valence-corrected chi connectivity index (χ0v) is 11.7. The quantitative estimate of drug-likeness (QED) is 0.837. The largest absolute Gasteiger partial charge is 0.496 e. The molecule has 1 aromatic rings. The molecule has 2 heterocycles. The number of hydrogen-bond donors (Lipinski definition) is 0. The summed E-state index contributed by atoms with van der Waals surface area (Å²) in [6, 6.07) is 2.04. The van der Waals surface area contributed by atoms with E-state index >= 15 is 0 Å². The van der Waals surface area contributed by atoms with Crippen molar-refractivity contribution in [2.75, 3.05) is 33.9 Å². The van der Waals surface area contributed by atoms with Crippen molar-refractivity contribution in [2.24, 2.45) is 0 Å². The molecule has 3 rings (SSSR count). The molecule has 1 fully saturated rings. The van der Waals surface area contributed by atoms with E-state index < -0.39 is 0 Å². The van der Waals surface area contributed by atoms with Crippen LogP contribution >= 0.6 is 15.9 Å². The van der Waals surface area contributed by atoms with Gasteiger partial charge >= 0.3 is 0 Å². The molecule has 0 N–H and O–H groups in total. The van der Waals surface area contributed by atoms with Crippen LogP contribution in [0.3, 0.4) is 0 Å². The van der Waals surface area contributed by atoms with E-state index in [1.165, 1.54) is 11.1 Å². The van der Waals surface area contributed by atoms with E-state index in [1.54, 1.807) is 7.11 Å². The van der Waals surface area contributed by atoms with E-state index in [0.29, 0.717) is 5.92 Å². The first-order valence-electron chi connectivity index (χ1n) is 5.91. The van der Waals surface area contributed by atoms with Crippen molar-refractivity contribution < 1.29 is 9.47 Å². The zero-order chi connectivity index (χ0) is 12.0. The summed E-state index contributed by atoms with van der Waals surface area (Å²) < 4.78 is 12.3. The summed E-state index contributed by atoms with van der Waals surface area (Å²) in [5, 5.41) is 0. The highest BCUT2D eigenvalue weighted by molar-refractivity contribution is 9.10. The summed E-state index contributed by atoms with van der Waals surface area (Å²) in [4.78, 5) is 2.33. The van der Waals surface area contributed by atoms with Crippen LogP contribution in [0.1, 0.15) is 17.0 Å². The summed E-state index contributed by atoms with van der Waals surface area (Å²) in [5.74, 6) is 2.62. The Kier molecular flexibility index (Phi) is 2.79. The number of rotatable bonds is 2. The first kappa shape index (κ1) is 11.4. The second-order valence-corrected chi connectivity index (χ2v) is 5.65. The SMILES string of the molecule is COc1cc(Br)c2c(c1C1CN(C)C1)CCO2. The third-order valence-corrected chi connectivity index (χ3v) is 4.22. The van der Waals surface area contributed by atoms with E-state index in [2.05, 4.69) is 27.9 Å². The molecule has 0 aliphatic carbocycles. The van der Waals surface area contributed by atoms with Crippen LogP contribution in [-0.2, 0) is 6.42 Å². The molecule has 0 unspecified atom stereocenters. The maximum atomic E-state index is 5.70. The smallest absolute Gasteiger partial charge is 0.137 e. The fourth-order valence-electron chi connectivity index (χ4n) is 2.83. The molecule has 17 heavy (non-hydrogen) atoms.